The third kappa shape index (κ3) is 2.07. The molecule has 0 bridgehead atoms. The summed E-state index contributed by atoms with van der Waals surface area (Å²) in [5.41, 5.74) is 5.15. The van der Waals surface area contributed by atoms with Crippen molar-refractivity contribution in [3.63, 3.8) is 0 Å². The van der Waals surface area contributed by atoms with Crippen LogP contribution in [0.5, 0.6) is 0 Å². The standard InChI is InChI=1S/C6H10F3NO/c7-6(8,9)4-1-5(2-10)11-3-4/h4-5H,1-3,10H2/t4-,5-/m0/s1. The Morgan fingerprint density at radius 3 is 2.36 bits per heavy atom. The molecule has 1 fully saturated rings. The first kappa shape index (κ1) is 8.80. The van der Waals surface area contributed by atoms with Crippen molar-refractivity contribution in [2.45, 2.75) is 18.7 Å². The van der Waals surface area contributed by atoms with Gasteiger partial charge in [0.15, 0.2) is 0 Å². The average molecular weight is 169 g/mol. The van der Waals surface area contributed by atoms with Crippen LogP contribution < -0.4 is 5.73 Å². The molecule has 0 radical (unpaired) electrons. The van der Waals surface area contributed by atoms with Gasteiger partial charge in [-0.05, 0) is 6.42 Å². The molecule has 2 nitrogen and oxygen atoms in total. The van der Waals surface area contributed by atoms with Gasteiger partial charge in [-0.25, -0.2) is 0 Å². The van der Waals surface area contributed by atoms with Gasteiger partial charge in [0.25, 0.3) is 0 Å². The van der Waals surface area contributed by atoms with Gasteiger partial charge in [-0.2, -0.15) is 13.2 Å². The number of ether oxygens (including phenoxy) is 1. The predicted molar refractivity (Wildman–Crippen MR) is 33.0 cm³/mol. The maximum Gasteiger partial charge on any atom is 0.394 e. The largest absolute Gasteiger partial charge is 0.394 e. The maximum atomic E-state index is 11.9. The number of rotatable bonds is 1. The lowest BCUT2D eigenvalue weighted by atomic mass is 10.1. The van der Waals surface area contributed by atoms with Crippen LogP contribution in [0, 0.1) is 5.92 Å². The Labute approximate surface area is 62.5 Å². The summed E-state index contributed by atoms with van der Waals surface area (Å²) < 4.78 is 40.6. The Hall–Kier alpha value is -0.290. The third-order valence-corrected chi connectivity index (χ3v) is 1.81. The molecule has 1 rings (SSSR count). The van der Waals surface area contributed by atoms with Crippen molar-refractivity contribution >= 4 is 0 Å². The van der Waals surface area contributed by atoms with E-state index in [1.54, 1.807) is 0 Å². The van der Waals surface area contributed by atoms with Gasteiger partial charge in [-0.3, -0.25) is 0 Å². The molecule has 0 aromatic carbocycles. The quantitative estimate of drug-likeness (QED) is 0.633. The van der Waals surface area contributed by atoms with Crippen LogP contribution in [0.3, 0.4) is 0 Å². The minimum atomic E-state index is -4.12. The molecule has 0 aliphatic carbocycles. The molecule has 0 aromatic heterocycles. The van der Waals surface area contributed by atoms with Gasteiger partial charge in [0.1, 0.15) is 0 Å². The van der Waals surface area contributed by atoms with Crippen LogP contribution in [0.25, 0.3) is 0 Å². The van der Waals surface area contributed by atoms with E-state index >= 15 is 0 Å². The average Bonchev–Trinajstić information content (AvgIpc) is 2.32. The van der Waals surface area contributed by atoms with Gasteiger partial charge < -0.3 is 10.5 Å². The molecule has 2 atom stereocenters. The first-order valence-corrected chi connectivity index (χ1v) is 3.42. The van der Waals surface area contributed by atoms with E-state index in [9.17, 15) is 13.2 Å². The molecule has 0 aromatic rings. The highest BCUT2D eigenvalue weighted by Crippen LogP contribution is 2.34. The number of hydrogen-bond donors (Lipinski definition) is 1. The third-order valence-electron chi connectivity index (χ3n) is 1.81. The Morgan fingerprint density at radius 1 is 1.45 bits per heavy atom. The molecule has 66 valence electrons. The Bertz CT molecular complexity index is 136. The minimum absolute atomic E-state index is 0.0139. The second-order valence-corrected chi connectivity index (χ2v) is 2.67. The van der Waals surface area contributed by atoms with E-state index < -0.39 is 18.2 Å². The Morgan fingerprint density at radius 2 is 2.09 bits per heavy atom. The first-order chi connectivity index (χ1) is 5.04. The second kappa shape index (κ2) is 2.98. The lowest BCUT2D eigenvalue weighted by molar-refractivity contribution is -0.173. The number of alkyl halides is 3. The fourth-order valence-electron chi connectivity index (χ4n) is 1.10. The van der Waals surface area contributed by atoms with Crippen LogP contribution in [0.15, 0.2) is 0 Å². The number of nitrogens with two attached hydrogens (primary N) is 1. The fraction of sp³-hybridized carbons (Fsp3) is 1.00. The van der Waals surface area contributed by atoms with E-state index in [4.69, 9.17) is 10.5 Å². The SMILES string of the molecule is NC[C@@H]1C[C@H](C(F)(F)F)CO1. The van der Waals surface area contributed by atoms with E-state index in [1.807, 2.05) is 0 Å². The van der Waals surface area contributed by atoms with Gasteiger partial charge in [0.2, 0.25) is 0 Å². The summed E-state index contributed by atoms with van der Waals surface area (Å²) in [6.07, 6.45) is -4.51. The van der Waals surface area contributed by atoms with Gasteiger partial charge >= 0.3 is 6.18 Å². The molecule has 0 amide bonds. The van der Waals surface area contributed by atoms with Gasteiger partial charge in [-0.15, -0.1) is 0 Å². The summed E-state index contributed by atoms with van der Waals surface area (Å²) in [5.74, 6) is -1.31. The molecule has 11 heavy (non-hydrogen) atoms. The van der Waals surface area contributed by atoms with Crippen LogP contribution in [-0.2, 0) is 4.74 Å². The zero-order chi connectivity index (χ0) is 8.48. The predicted octanol–water partition coefficient (Wildman–Crippen LogP) is 0.912. The van der Waals surface area contributed by atoms with Gasteiger partial charge in [-0.1, -0.05) is 0 Å². The highest BCUT2D eigenvalue weighted by atomic mass is 19.4. The van der Waals surface area contributed by atoms with Crippen molar-refractivity contribution in [2.75, 3.05) is 13.2 Å². The van der Waals surface area contributed by atoms with Crippen LogP contribution in [-0.4, -0.2) is 25.4 Å². The topological polar surface area (TPSA) is 35.2 Å². The molecule has 0 spiro atoms. The monoisotopic (exact) mass is 169 g/mol. The second-order valence-electron chi connectivity index (χ2n) is 2.67. The number of halogens is 3. The lowest BCUT2D eigenvalue weighted by Gasteiger charge is -2.11. The first-order valence-electron chi connectivity index (χ1n) is 3.42. The zero-order valence-corrected chi connectivity index (χ0v) is 5.90. The zero-order valence-electron chi connectivity index (χ0n) is 5.90. The normalized spacial score (nSPS) is 32.7. The minimum Gasteiger partial charge on any atom is -0.376 e. The van der Waals surface area contributed by atoms with Crippen molar-refractivity contribution < 1.29 is 17.9 Å². The van der Waals surface area contributed by atoms with E-state index in [1.165, 1.54) is 0 Å². The summed E-state index contributed by atoms with van der Waals surface area (Å²) in [6.45, 7) is -0.0576. The van der Waals surface area contributed by atoms with E-state index in [2.05, 4.69) is 0 Å². The summed E-state index contributed by atoms with van der Waals surface area (Å²) in [7, 11) is 0. The van der Waals surface area contributed by atoms with E-state index in [0.29, 0.717) is 0 Å². The molecular weight excluding hydrogens is 159 g/mol. The van der Waals surface area contributed by atoms with Crippen LogP contribution in [0.2, 0.25) is 0 Å². The molecular formula is C6H10F3NO. The summed E-state index contributed by atoms with van der Waals surface area (Å²) in [4.78, 5) is 0. The molecule has 0 saturated carbocycles. The van der Waals surface area contributed by atoms with E-state index in [0.717, 1.165) is 0 Å². The van der Waals surface area contributed by atoms with Gasteiger partial charge in [0, 0.05) is 6.54 Å². The van der Waals surface area contributed by atoms with Crippen molar-refractivity contribution in [1.82, 2.24) is 0 Å². The molecule has 5 heteroatoms. The molecule has 1 aliphatic heterocycles. The highest BCUT2D eigenvalue weighted by molar-refractivity contribution is 4.78. The molecule has 1 heterocycles. The van der Waals surface area contributed by atoms with Crippen LogP contribution in [0.4, 0.5) is 13.2 Å². The fourth-order valence-corrected chi connectivity index (χ4v) is 1.10. The van der Waals surface area contributed by atoms with Crippen molar-refractivity contribution in [1.29, 1.82) is 0 Å². The summed E-state index contributed by atoms with van der Waals surface area (Å²) >= 11 is 0. The lowest BCUT2D eigenvalue weighted by Crippen LogP contribution is -2.24. The number of hydrogen-bond acceptors (Lipinski definition) is 2. The smallest absolute Gasteiger partial charge is 0.376 e. The molecule has 1 saturated heterocycles. The highest BCUT2D eigenvalue weighted by Gasteiger charge is 2.44. The van der Waals surface area contributed by atoms with Crippen LogP contribution >= 0.6 is 0 Å². The van der Waals surface area contributed by atoms with Crippen molar-refractivity contribution in [3.05, 3.63) is 0 Å². The summed E-state index contributed by atoms with van der Waals surface area (Å²) in [6, 6.07) is 0. The van der Waals surface area contributed by atoms with E-state index in [-0.39, 0.29) is 19.6 Å². The van der Waals surface area contributed by atoms with Crippen molar-refractivity contribution in [3.8, 4) is 0 Å². The molecule has 0 unspecified atom stereocenters. The Balaban J connectivity index is 2.42. The van der Waals surface area contributed by atoms with Crippen LogP contribution in [0.1, 0.15) is 6.42 Å². The van der Waals surface area contributed by atoms with Crippen molar-refractivity contribution in [2.24, 2.45) is 11.7 Å². The summed E-state index contributed by atoms with van der Waals surface area (Å²) in [5, 5.41) is 0. The maximum absolute atomic E-state index is 11.9. The molecule has 1 aliphatic rings. The van der Waals surface area contributed by atoms with Gasteiger partial charge in [0.05, 0.1) is 18.6 Å². The molecule has 2 N–H and O–H groups in total. The Kier molecular flexibility index (Phi) is 2.39.